The van der Waals surface area contributed by atoms with E-state index in [9.17, 15) is 0 Å². The molecule has 0 aliphatic heterocycles. The average molecular weight is 668 g/mol. The van der Waals surface area contributed by atoms with Crippen molar-refractivity contribution in [1.82, 2.24) is 0 Å². The van der Waals surface area contributed by atoms with Gasteiger partial charge in [0.1, 0.15) is 0 Å². The van der Waals surface area contributed by atoms with Gasteiger partial charge in [-0.2, -0.15) is 18.2 Å². The maximum Gasteiger partial charge on any atom is 3.00 e. The number of allylic oxidation sites excluding steroid dienone is 1. The summed E-state index contributed by atoms with van der Waals surface area (Å²) < 4.78 is 0. The molecule has 4 heteroatoms. The van der Waals surface area contributed by atoms with Crippen LogP contribution < -0.4 is 24.8 Å². The van der Waals surface area contributed by atoms with Gasteiger partial charge in [0, 0.05) is 15.4 Å². The molecule has 5 aromatic rings. The van der Waals surface area contributed by atoms with Crippen LogP contribution in [0.3, 0.4) is 0 Å². The van der Waals surface area contributed by atoms with Crippen molar-refractivity contribution < 1.29 is 51.0 Å². The molecule has 0 bridgehead atoms. The van der Waals surface area contributed by atoms with Crippen LogP contribution in [0.4, 0.5) is 0 Å². The fourth-order valence-corrected chi connectivity index (χ4v) is 6.38. The Morgan fingerprint density at radius 2 is 1.41 bits per heavy atom. The molecule has 0 nitrogen and oxygen atoms in total. The molecule has 0 amide bonds. The van der Waals surface area contributed by atoms with Gasteiger partial charge in [-0.3, -0.25) is 0 Å². The first-order valence-corrected chi connectivity index (χ1v) is 15.8. The third-order valence-electron chi connectivity index (χ3n) is 7.87. The third kappa shape index (κ3) is 6.14. The monoisotopic (exact) mass is 665 g/mol. The van der Waals surface area contributed by atoms with Gasteiger partial charge in [-0.1, -0.05) is 123 Å². The van der Waals surface area contributed by atoms with Crippen LogP contribution in [-0.2, 0) is 32.6 Å². The van der Waals surface area contributed by atoms with Gasteiger partial charge in [-0.05, 0) is 57.0 Å². The predicted octanol–water partition coefficient (Wildman–Crippen LogP) is 4.00. The van der Waals surface area contributed by atoms with Crippen molar-refractivity contribution in [2.24, 2.45) is 0 Å². The summed E-state index contributed by atoms with van der Waals surface area (Å²) in [4.78, 5) is 0. The van der Waals surface area contributed by atoms with E-state index in [4.69, 9.17) is 0 Å². The van der Waals surface area contributed by atoms with Crippen LogP contribution in [0.1, 0.15) is 53.5 Å². The standard InChI is InChI=1S/C35H27.C2H6Si.2ClH.Zr/c1-2-10-25-22-34-30(28-16-7-13-23-11-3-5-14-26(23)28)18-9-20-32(34)35(25)31-19-8-17-29-27-15-6-4-12-24(27)21-33(29)31;1-3-2;;;/h3-9,11-18,20,22,35H,2,10,21H2,1H3;1-2H3;2*1H;/q-1;;;;+3/p-2. The Labute approximate surface area is 279 Å². The van der Waals surface area contributed by atoms with Crippen LogP contribution >= 0.6 is 0 Å². The van der Waals surface area contributed by atoms with Gasteiger partial charge in [0.05, 0.1) is 0 Å². The first kappa shape index (κ1) is 33.3. The molecule has 1 unspecified atom stereocenters. The van der Waals surface area contributed by atoms with Gasteiger partial charge in [-0.25, -0.2) is 0 Å². The largest absolute Gasteiger partial charge is 3.00 e. The first-order chi connectivity index (χ1) is 18.7. The Balaban J connectivity index is 0.000000740. The molecule has 203 valence electrons. The van der Waals surface area contributed by atoms with Crippen molar-refractivity contribution in [2.75, 3.05) is 0 Å². The summed E-state index contributed by atoms with van der Waals surface area (Å²) in [7, 11) is 1.08. The molecule has 2 aliphatic rings. The molecule has 2 aliphatic carbocycles. The van der Waals surface area contributed by atoms with Crippen LogP contribution in [0.5, 0.6) is 0 Å². The van der Waals surface area contributed by atoms with E-state index in [1.807, 2.05) is 0 Å². The topological polar surface area (TPSA) is 0 Å². The zero-order valence-electron chi connectivity index (χ0n) is 23.8. The Morgan fingerprint density at radius 1 is 0.756 bits per heavy atom. The van der Waals surface area contributed by atoms with Crippen molar-refractivity contribution in [1.29, 1.82) is 0 Å². The van der Waals surface area contributed by atoms with E-state index in [1.54, 1.807) is 0 Å². The van der Waals surface area contributed by atoms with E-state index in [0.717, 1.165) is 28.8 Å². The molecule has 0 heterocycles. The van der Waals surface area contributed by atoms with Crippen molar-refractivity contribution in [2.45, 2.75) is 45.2 Å². The van der Waals surface area contributed by atoms with E-state index in [0.29, 0.717) is 0 Å². The molecule has 7 rings (SSSR count). The molecule has 1 atom stereocenters. The predicted molar refractivity (Wildman–Crippen MR) is 165 cm³/mol. The van der Waals surface area contributed by atoms with E-state index in [1.165, 1.54) is 66.4 Å². The molecule has 0 saturated heterocycles. The molecular formula is C37H33Cl2SiZr. The number of hydrogen-bond acceptors (Lipinski definition) is 0. The van der Waals surface area contributed by atoms with Gasteiger partial charge in [0.15, 0.2) is 0 Å². The van der Waals surface area contributed by atoms with Gasteiger partial charge < -0.3 is 24.8 Å². The summed E-state index contributed by atoms with van der Waals surface area (Å²) in [5.41, 5.74) is 14.1. The summed E-state index contributed by atoms with van der Waals surface area (Å²) >= 11 is 0. The maximum atomic E-state index is 3.72. The summed E-state index contributed by atoms with van der Waals surface area (Å²) in [5.74, 6) is 0.282. The van der Waals surface area contributed by atoms with E-state index >= 15 is 0 Å². The van der Waals surface area contributed by atoms with Crippen molar-refractivity contribution in [3.8, 4) is 22.3 Å². The average Bonchev–Trinajstić information content (AvgIpc) is 3.52. The molecule has 0 spiro atoms. The number of halogens is 2. The Morgan fingerprint density at radius 3 is 2.22 bits per heavy atom. The van der Waals surface area contributed by atoms with Crippen LogP contribution in [0.2, 0.25) is 13.1 Å². The minimum absolute atomic E-state index is 0. The second-order valence-corrected chi connectivity index (χ2v) is 11.4. The second-order valence-electron chi connectivity index (χ2n) is 10.4. The van der Waals surface area contributed by atoms with Crippen molar-refractivity contribution >= 4 is 26.4 Å². The molecule has 3 radical (unpaired) electrons. The molecular weight excluding hydrogens is 635 g/mol. The minimum Gasteiger partial charge on any atom is -1.00 e. The van der Waals surface area contributed by atoms with Crippen LogP contribution in [0.15, 0.2) is 103 Å². The Kier molecular flexibility index (Phi) is 12.0. The smallest absolute Gasteiger partial charge is 1.00 e. The zero-order valence-corrected chi connectivity index (χ0v) is 28.7. The summed E-state index contributed by atoms with van der Waals surface area (Å²) in [6.45, 7) is 6.60. The van der Waals surface area contributed by atoms with Gasteiger partial charge >= 0.3 is 26.2 Å². The van der Waals surface area contributed by atoms with Crippen LogP contribution in [0, 0.1) is 6.07 Å². The molecule has 0 saturated carbocycles. The number of benzene rings is 5. The second kappa shape index (κ2) is 14.8. The van der Waals surface area contributed by atoms with Gasteiger partial charge in [0.2, 0.25) is 0 Å². The van der Waals surface area contributed by atoms with E-state index in [2.05, 4.69) is 129 Å². The Bertz CT molecular complexity index is 1670. The third-order valence-corrected chi connectivity index (χ3v) is 7.87. The molecule has 0 fully saturated rings. The minimum atomic E-state index is 0. The molecule has 0 aromatic heterocycles. The van der Waals surface area contributed by atoms with Gasteiger partial charge in [0.25, 0.3) is 0 Å². The Hall–Kier alpha value is -2.22. The fraction of sp³-hybridized carbons (Fsp3) is 0.189. The van der Waals surface area contributed by atoms with Crippen molar-refractivity contribution in [3.63, 3.8) is 0 Å². The summed E-state index contributed by atoms with van der Waals surface area (Å²) in [6, 6.07) is 39.3. The van der Waals surface area contributed by atoms with E-state index < -0.39 is 0 Å². The fourth-order valence-electron chi connectivity index (χ4n) is 6.38. The van der Waals surface area contributed by atoms with Crippen LogP contribution in [0.25, 0.3) is 39.1 Å². The van der Waals surface area contributed by atoms with E-state index in [-0.39, 0.29) is 56.9 Å². The normalized spacial score (nSPS) is 13.7. The number of rotatable bonds is 4. The molecule has 41 heavy (non-hydrogen) atoms. The molecule has 0 N–H and O–H groups in total. The molecule has 5 aromatic carbocycles. The summed E-state index contributed by atoms with van der Waals surface area (Å²) in [6.07, 6.45) is 5.76. The number of fused-ring (bicyclic) bond motifs is 5. The number of hydrogen-bond donors (Lipinski definition) is 0. The quantitative estimate of drug-likeness (QED) is 0.197. The van der Waals surface area contributed by atoms with Crippen LogP contribution in [-0.4, -0.2) is 9.52 Å². The first-order valence-electron chi connectivity index (χ1n) is 13.8. The SMILES string of the molecule is CCCC1=Cc2c(-c3cccc4ccccc34)cccc2C1c1[c-]ccc2c1Cc1ccccc1-2.C[Si]C.[Cl-].[Cl-].[Zr+3]. The zero-order chi connectivity index (χ0) is 26.1. The maximum absolute atomic E-state index is 3.72. The van der Waals surface area contributed by atoms with Crippen molar-refractivity contribution in [3.05, 3.63) is 137 Å². The summed E-state index contributed by atoms with van der Waals surface area (Å²) in [5, 5.41) is 2.61. The van der Waals surface area contributed by atoms with Gasteiger partial charge in [-0.15, -0.1) is 16.7 Å².